The Morgan fingerprint density at radius 2 is 1.67 bits per heavy atom. The van der Waals surface area contributed by atoms with Gasteiger partial charge in [0.25, 0.3) is 0 Å². The largest absolute Gasteiger partial charge is 0.417 e. The van der Waals surface area contributed by atoms with E-state index < -0.39 is 11.7 Å². The molecule has 2 unspecified atom stereocenters. The zero-order valence-corrected chi connectivity index (χ0v) is 15.7. The predicted octanol–water partition coefficient (Wildman–Crippen LogP) is 4.36. The first-order chi connectivity index (χ1) is 12.6. The highest BCUT2D eigenvalue weighted by Gasteiger charge is 2.42. The summed E-state index contributed by atoms with van der Waals surface area (Å²) in [4.78, 5) is 6.32. The number of hydrogen-bond donors (Lipinski definition) is 0. The number of alkyl halides is 3. The van der Waals surface area contributed by atoms with Crippen LogP contribution in [0.1, 0.15) is 63.8 Å². The number of fused-ring (bicyclic) bond motifs is 2. The standard InChI is InChI=1S/C19H24F3N5/c1-18(2,3)16-11-26(25-24-16)15-8-13-5-6-14(9-15)27(13)17-7-4-12(10-23-17)19(20,21)22/h4,7,10-11,13-15H,5-6,8-9H2,1-3H3. The molecule has 4 heterocycles. The molecule has 2 aliphatic heterocycles. The van der Waals surface area contributed by atoms with Gasteiger partial charge < -0.3 is 4.90 Å². The fraction of sp³-hybridized carbons (Fsp3) is 0.632. The van der Waals surface area contributed by atoms with Crippen LogP contribution in [0.2, 0.25) is 0 Å². The number of piperidine rings is 1. The molecule has 0 N–H and O–H groups in total. The average Bonchev–Trinajstić information content (AvgIpc) is 3.17. The summed E-state index contributed by atoms with van der Waals surface area (Å²) in [6, 6.07) is 3.46. The van der Waals surface area contributed by atoms with Crippen molar-refractivity contribution in [3.05, 3.63) is 35.8 Å². The molecular formula is C19H24F3N5. The van der Waals surface area contributed by atoms with Gasteiger partial charge in [-0.25, -0.2) is 9.67 Å². The number of hydrogen-bond acceptors (Lipinski definition) is 4. The summed E-state index contributed by atoms with van der Waals surface area (Å²) >= 11 is 0. The van der Waals surface area contributed by atoms with Gasteiger partial charge in [-0.2, -0.15) is 13.2 Å². The van der Waals surface area contributed by atoms with E-state index in [2.05, 4.69) is 41.0 Å². The third kappa shape index (κ3) is 3.41. The van der Waals surface area contributed by atoms with Crippen LogP contribution in [0.4, 0.5) is 19.0 Å². The van der Waals surface area contributed by atoms with Gasteiger partial charge >= 0.3 is 6.18 Å². The van der Waals surface area contributed by atoms with Crippen molar-refractivity contribution in [1.29, 1.82) is 0 Å². The van der Waals surface area contributed by atoms with Gasteiger partial charge in [0.2, 0.25) is 0 Å². The second-order valence-electron chi connectivity index (χ2n) is 8.65. The summed E-state index contributed by atoms with van der Waals surface area (Å²) in [6.45, 7) is 6.35. The van der Waals surface area contributed by atoms with Crippen molar-refractivity contribution in [2.45, 2.75) is 76.2 Å². The van der Waals surface area contributed by atoms with Crippen LogP contribution in [0.3, 0.4) is 0 Å². The molecule has 0 amide bonds. The van der Waals surface area contributed by atoms with E-state index in [9.17, 15) is 13.2 Å². The fourth-order valence-corrected chi connectivity index (χ4v) is 4.24. The van der Waals surface area contributed by atoms with E-state index in [1.807, 2.05) is 10.9 Å². The Bertz CT molecular complexity index is 792. The minimum absolute atomic E-state index is 0.0396. The topological polar surface area (TPSA) is 46.8 Å². The highest BCUT2D eigenvalue weighted by atomic mass is 19.4. The van der Waals surface area contributed by atoms with Crippen molar-refractivity contribution in [2.24, 2.45) is 0 Å². The number of rotatable bonds is 2. The molecule has 2 atom stereocenters. The van der Waals surface area contributed by atoms with Gasteiger partial charge in [0.1, 0.15) is 5.82 Å². The van der Waals surface area contributed by atoms with Crippen molar-refractivity contribution >= 4 is 5.82 Å². The maximum absolute atomic E-state index is 12.8. The van der Waals surface area contributed by atoms with Gasteiger partial charge in [0.15, 0.2) is 0 Å². The molecule has 2 fully saturated rings. The van der Waals surface area contributed by atoms with E-state index in [4.69, 9.17) is 0 Å². The first-order valence-corrected chi connectivity index (χ1v) is 9.37. The van der Waals surface area contributed by atoms with Crippen molar-refractivity contribution in [2.75, 3.05) is 4.90 Å². The molecule has 2 aliphatic rings. The Balaban J connectivity index is 1.52. The minimum atomic E-state index is -4.35. The molecule has 2 aromatic heterocycles. The Kier molecular flexibility index (Phi) is 4.20. The normalized spacial score (nSPS) is 25.9. The Morgan fingerprint density at radius 1 is 1.00 bits per heavy atom. The third-order valence-electron chi connectivity index (χ3n) is 5.70. The lowest BCUT2D eigenvalue weighted by Crippen LogP contribution is -2.44. The third-order valence-corrected chi connectivity index (χ3v) is 5.70. The Morgan fingerprint density at radius 3 is 2.15 bits per heavy atom. The molecule has 0 radical (unpaired) electrons. The van der Waals surface area contributed by atoms with Crippen LogP contribution in [-0.2, 0) is 11.6 Å². The smallest absolute Gasteiger partial charge is 0.350 e. The van der Waals surface area contributed by atoms with E-state index in [0.717, 1.165) is 43.6 Å². The molecule has 5 nitrogen and oxygen atoms in total. The Hall–Kier alpha value is -2.12. The summed E-state index contributed by atoms with van der Waals surface area (Å²) < 4.78 is 40.3. The van der Waals surface area contributed by atoms with Crippen LogP contribution in [-0.4, -0.2) is 32.1 Å². The second-order valence-corrected chi connectivity index (χ2v) is 8.65. The zero-order valence-electron chi connectivity index (χ0n) is 15.7. The highest BCUT2D eigenvalue weighted by molar-refractivity contribution is 5.45. The Labute approximate surface area is 156 Å². The molecule has 2 aromatic rings. The predicted molar refractivity (Wildman–Crippen MR) is 95.5 cm³/mol. The van der Waals surface area contributed by atoms with Crippen molar-refractivity contribution in [3.8, 4) is 0 Å². The second kappa shape index (κ2) is 6.21. The van der Waals surface area contributed by atoms with Crippen LogP contribution < -0.4 is 4.90 Å². The van der Waals surface area contributed by atoms with E-state index in [1.54, 1.807) is 0 Å². The van der Waals surface area contributed by atoms with Crippen LogP contribution in [0, 0.1) is 0 Å². The lowest BCUT2D eigenvalue weighted by Gasteiger charge is -2.39. The van der Waals surface area contributed by atoms with Gasteiger partial charge in [0.05, 0.1) is 17.3 Å². The summed E-state index contributed by atoms with van der Waals surface area (Å²) in [5.74, 6) is 0.642. The van der Waals surface area contributed by atoms with Crippen LogP contribution in [0.25, 0.3) is 0 Å². The molecule has 0 spiro atoms. The van der Waals surface area contributed by atoms with Crippen LogP contribution >= 0.6 is 0 Å². The zero-order chi connectivity index (χ0) is 19.4. The van der Waals surface area contributed by atoms with Crippen molar-refractivity contribution in [3.63, 3.8) is 0 Å². The number of aromatic nitrogens is 4. The lowest BCUT2D eigenvalue weighted by molar-refractivity contribution is -0.137. The lowest BCUT2D eigenvalue weighted by atomic mass is 9.93. The van der Waals surface area contributed by atoms with E-state index >= 15 is 0 Å². The number of nitrogens with zero attached hydrogens (tertiary/aromatic N) is 5. The van der Waals surface area contributed by atoms with Crippen LogP contribution in [0.15, 0.2) is 24.5 Å². The summed E-state index contributed by atoms with van der Waals surface area (Å²) in [6.07, 6.45) is 2.51. The number of anilines is 1. The number of pyridine rings is 1. The summed E-state index contributed by atoms with van der Waals surface area (Å²) in [5.41, 5.74) is 0.231. The SMILES string of the molecule is CC(C)(C)c1cn(C2CC3CCC(C2)N3c2ccc(C(F)(F)F)cn2)nn1. The molecule has 2 bridgehead atoms. The molecule has 2 saturated heterocycles. The van der Waals surface area contributed by atoms with Gasteiger partial charge in [-0.1, -0.05) is 26.0 Å². The monoisotopic (exact) mass is 379 g/mol. The number of halogens is 3. The molecular weight excluding hydrogens is 355 g/mol. The highest BCUT2D eigenvalue weighted by Crippen LogP contribution is 2.43. The van der Waals surface area contributed by atoms with Gasteiger partial charge in [0, 0.05) is 29.9 Å². The minimum Gasteiger partial charge on any atom is -0.350 e. The molecule has 4 rings (SSSR count). The molecule has 0 saturated carbocycles. The van der Waals surface area contributed by atoms with Gasteiger partial charge in [-0.3, -0.25) is 0 Å². The van der Waals surface area contributed by atoms with Crippen molar-refractivity contribution < 1.29 is 13.2 Å². The summed E-state index contributed by atoms with van der Waals surface area (Å²) in [5, 5.41) is 8.67. The first kappa shape index (κ1) is 18.3. The summed E-state index contributed by atoms with van der Waals surface area (Å²) in [7, 11) is 0. The van der Waals surface area contributed by atoms with E-state index in [1.165, 1.54) is 6.07 Å². The van der Waals surface area contributed by atoms with Crippen LogP contribution in [0.5, 0.6) is 0 Å². The molecule has 27 heavy (non-hydrogen) atoms. The molecule has 8 heteroatoms. The molecule has 0 aliphatic carbocycles. The fourth-order valence-electron chi connectivity index (χ4n) is 4.24. The van der Waals surface area contributed by atoms with Crippen molar-refractivity contribution in [1.82, 2.24) is 20.0 Å². The van der Waals surface area contributed by atoms with E-state index in [-0.39, 0.29) is 23.5 Å². The maximum atomic E-state index is 12.8. The van der Waals surface area contributed by atoms with Gasteiger partial charge in [-0.15, -0.1) is 5.10 Å². The average molecular weight is 379 g/mol. The molecule has 0 aromatic carbocycles. The first-order valence-electron chi connectivity index (χ1n) is 9.37. The van der Waals surface area contributed by atoms with Gasteiger partial charge in [-0.05, 0) is 37.8 Å². The quantitative estimate of drug-likeness (QED) is 0.778. The van der Waals surface area contributed by atoms with E-state index in [0.29, 0.717) is 5.82 Å². The molecule has 146 valence electrons. The maximum Gasteiger partial charge on any atom is 0.417 e.